The van der Waals surface area contributed by atoms with Crippen molar-refractivity contribution in [2.75, 3.05) is 13.6 Å². The van der Waals surface area contributed by atoms with Gasteiger partial charge in [0.05, 0.1) is 22.4 Å². The molecule has 0 N–H and O–H groups in total. The molecule has 4 heteroatoms. The van der Waals surface area contributed by atoms with E-state index in [1.54, 1.807) is 0 Å². The maximum Gasteiger partial charge on any atom is 0.136 e. The Morgan fingerprint density at radius 3 is 2.50 bits per heavy atom. The first-order chi connectivity index (χ1) is 24.6. The standard InChI is InChI=1S/C46H43N3O/c1-5-26-48(4)27-14-15-32(34-16-7-8-17-35(34)41-21-11-12-25-47-41)24-23-31(3)28-42-33(6-2)37-19-13-20-38-39-30-45-40(29-43(39)49(42)46(37)38)36-18-9-10-22-44(36)50-45/h5-13,16-22,25-26,28-30,32H,2,14-15,23-24,27H2,1,3-4H3/b26-5-,31-28?. The summed E-state index contributed by atoms with van der Waals surface area (Å²) >= 11 is 0. The van der Waals surface area contributed by atoms with E-state index in [1.165, 1.54) is 55.1 Å². The average Bonchev–Trinajstić information content (AvgIpc) is 3.78. The summed E-state index contributed by atoms with van der Waals surface area (Å²) in [7, 11) is 2.16. The van der Waals surface area contributed by atoms with Crippen molar-refractivity contribution >= 4 is 61.3 Å². The fourth-order valence-corrected chi connectivity index (χ4v) is 8.05. The van der Waals surface area contributed by atoms with Crippen molar-refractivity contribution in [1.82, 2.24) is 14.3 Å². The molecule has 0 fully saturated rings. The Balaban J connectivity index is 1.19. The van der Waals surface area contributed by atoms with Crippen LogP contribution in [0.15, 0.2) is 132 Å². The average molecular weight is 654 g/mol. The summed E-state index contributed by atoms with van der Waals surface area (Å²) in [6.45, 7) is 9.70. The second-order valence-electron chi connectivity index (χ2n) is 13.6. The van der Waals surface area contributed by atoms with Gasteiger partial charge in [-0.05, 0) is 93.6 Å². The van der Waals surface area contributed by atoms with Gasteiger partial charge in [-0.1, -0.05) is 91.0 Å². The molecule has 1 unspecified atom stereocenters. The van der Waals surface area contributed by atoms with Crippen LogP contribution < -0.4 is 0 Å². The van der Waals surface area contributed by atoms with Gasteiger partial charge >= 0.3 is 0 Å². The zero-order valence-corrected chi connectivity index (χ0v) is 29.2. The van der Waals surface area contributed by atoms with Crippen molar-refractivity contribution in [3.05, 3.63) is 145 Å². The number of hydrogen-bond donors (Lipinski definition) is 0. The molecule has 0 aliphatic heterocycles. The highest BCUT2D eigenvalue weighted by atomic mass is 16.3. The predicted molar refractivity (Wildman–Crippen MR) is 213 cm³/mol. The number of pyridine rings is 1. The fraction of sp³-hybridized carbons (Fsp3) is 0.196. The second kappa shape index (κ2) is 13.4. The van der Waals surface area contributed by atoms with Crippen molar-refractivity contribution in [3.63, 3.8) is 0 Å². The minimum atomic E-state index is 0.408. The quantitative estimate of drug-likeness (QED) is 0.132. The molecule has 0 saturated carbocycles. The van der Waals surface area contributed by atoms with E-state index in [1.807, 2.05) is 24.4 Å². The van der Waals surface area contributed by atoms with Crippen LogP contribution in [0.25, 0.3) is 72.5 Å². The highest BCUT2D eigenvalue weighted by Gasteiger charge is 2.22. The van der Waals surface area contributed by atoms with Crippen molar-refractivity contribution in [3.8, 4) is 11.3 Å². The Bertz CT molecular complexity index is 2530. The van der Waals surface area contributed by atoms with Gasteiger partial charge in [-0.2, -0.15) is 0 Å². The molecule has 4 aromatic heterocycles. The molecule has 0 aliphatic rings. The lowest BCUT2D eigenvalue weighted by molar-refractivity contribution is 0.417. The Hall–Kier alpha value is -5.61. The van der Waals surface area contributed by atoms with Crippen LogP contribution in [0.4, 0.5) is 0 Å². The number of aromatic nitrogens is 2. The van der Waals surface area contributed by atoms with Crippen LogP contribution in [0.3, 0.4) is 0 Å². The summed E-state index contributed by atoms with van der Waals surface area (Å²) in [5.41, 5.74) is 11.7. The smallest absolute Gasteiger partial charge is 0.136 e. The molecule has 0 saturated heterocycles. The summed E-state index contributed by atoms with van der Waals surface area (Å²) < 4.78 is 8.79. The van der Waals surface area contributed by atoms with Crippen LogP contribution in [-0.2, 0) is 0 Å². The SMILES string of the molecule is C=Cc1c(C=C(C)CCC(CCCN(C)/C=C\C)c2ccccc2-c2ccccn2)n2c3cc4c(cc3c3cccc1c32)oc1ccccc14. The van der Waals surface area contributed by atoms with Crippen LogP contribution in [0, 0.1) is 0 Å². The van der Waals surface area contributed by atoms with E-state index in [0.29, 0.717) is 5.92 Å². The van der Waals surface area contributed by atoms with Gasteiger partial charge in [0.25, 0.3) is 0 Å². The molecule has 8 rings (SSSR count). The number of allylic oxidation sites excluding steroid dienone is 2. The number of hydrogen-bond acceptors (Lipinski definition) is 3. The summed E-state index contributed by atoms with van der Waals surface area (Å²) in [6, 6.07) is 34.6. The van der Waals surface area contributed by atoms with Crippen molar-refractivity contribution < 1.29 is 4.42 Å². The number of rotatable bonds is 12. The third-order valence-corrected chi connectivity index (χ3v) is 10.4. The van der Waals surface area contributed by atoms with Crippen LogP contribution in [0.5, 0.6) is 0 Å². The molecule has 248 valence electrons. The predicted octanol–water partition coefficient (Wildman–Crippen LogP) is 12.5. The van der Waals surface area contributed by atoms with Crippen LogP contribution in [0.2, 0.25) is 0 Å². The molecule has 0 amide bonds. The van der Waals surface area contributed by atoms with E-state index in [9.17, 15) is 0 Å². The van der Waals surface area contributed by atoms with E-state index >= 15 is 0 Å². The van der Waals surface area contributed by atoms with E-state index in [0.717, 1.165) is 59.9 Å². The Labute approximate surface area is 294 Å². The monoisotopic (exact) mass is 653 g/mol. The molecular weight excluding hydrogens is 611 g/mol. The minimum Gasteiger partial charge on any atom is -0.456 e. The normalized spacial score (nSPS) is 13.1. The lowest BCUT2D eigenvalue weighted by Crippen LogP contribution is -2.13. The summed E-state index contributed by atoms with van der Waals surface area (Å²) in [5.74, 6) is 0.408. The lowest BCUT2D eigenvalue weighted by Gasteiger charge is -2.22. The van der Waals surface area contributed by atoms with Crippen molar-refractivity contribution in [1.29, 1.82) is 0 Å². The summed E-state index contributed by atoms with van der Waals surface area (Å²) in [5, 5.41) is 6.00. The fourth-order valence-electron chi connectivity index (χ4n) is 8.05. The Morgan fingerprint density at radius 1 is 0.860 bits per heavy atom. The lowest BCUT2D eigenvalue weighted by atomic mass is 9.85. The first-order valence-corrected chi connectivity index (χ1v) is 17.8. The second-order valence-corrected chi connectivity index (χ2v) is 13.6. The molecule has 0 spiro atoms. The van der Waals surface area contributed by atoms with E-state index < -0.39 is 0 Å². The van der Waals surface area contributed by atoms with Crippen molar-refractivity contribution in [2.45, 2.75) is 45.4 Å². The van der Waals surface area contributed by atoms with Gasteiger partial charge in [0.2, 0.25) is 0 Å². The van der Waals surface area contributed by atoms with Gasteiger partial charge in [-0.15, -0.1) is 0 Å². The zero-order chi connectivity index (χ0) is 34.2. The number of fused-ring (bicyclic) bond motifs is 6. The largest absolute Gasteiger partial charge is 0.456 e. The first-order valence-electron chi connectivity index (χ1n) is 17.8. The van der Waals surface area contributed by atoms with Crippen LogP contribution in [0.1, 0.15) is 62.3 Å². The highest BCUT2D eigenvalue weighted by molar-refractivity contribution is 6.21. The molecule has 4 nitrogen and oxygen atoms in total. The molecule has 1 atom stereocenters. The Kier molecular flexibility index (Phi) is 8.46. The zero-order valence-electron chi connectivity index (χ0n) is 29.2. The summed E-state index contributed by atoms with van der Waals surface area (Å²) in [6.07, 6.45) is 14.9. The molecule has 0 radical (unpaired) electrons. The molecule has 4 heterocycles. The minimum absolute atomic E-state index is 0.408. The molecule has 8 aromatic rings. The number of benzene rings is 4. The highest BCUT2D eigenvalue weighted by Crippen LogP contribution is 2.42. The molecule has 0 bridgehead atoms. The van der Waals surface area contributed by atoms with Gasteiger partial charge in [0.1, 0.15) is 11.2 Å². The van der Waals surface area contributed by atoms with Gasteiger partial charge in [-0.3, -0.25) is 4.98 Å². The maximum atomic E-state index is 6.32. The maximum absolute atomic E-state index is 6.32. The third kappa shape index (κ3) is 5.55. The Morgan fingerprint density at radius 2 is 1.66 bits per heavy atom. The first kappa shape index (κ1) is 31.6. The number of nitrogens with zero attached hydrogens (tertiary/aromatic N) is 3. The number of furan rings is 1. The molecule has 50 heavy (non-hydrogen) atoms. The molecule has 4 aromatic carbocycles. The van der Waals surface area contributed by atoms with Crippen LogP contribution >= 0.6 is 0 Å². The number of para-hydroxylation sites is 2. The van der Waals surface area contributed by atoms with Gasteiger partial charge in [-0.25, -0.2) is 0 Å². The molecule has 0 aliphatic carbocycles. The van der Waals surface area contributed by atoms with Crippen LogP contribution in [-0.4, -0.2) is 27.9 Å². The van der Waals surface area contributed by atoms with Crippen molar-refractivity contribution in [2.24, 2.45) is 0 Å². The van der Waals surface area contributed by atoms with Gasteiger partial charge < -0.3 is 13.7 Å². The van der Waals surface area contributed by atoms with E-state index in [4.69, 9.17) is 9.40 Å². The van der Waals surface area contributed by atoms with E-state index in [2.05, 4.69) is 140 Å². The van der Waals surface area contributed by atoms with Gasteiger partial charge in [0.15, 0.2) is 0 Å². The van der Waals surface area contributed by atoms with E-state index in [-0.39, 0.29) is 0 Å². The van der Waals surface area contributed by atoms with Gasteiger partial charge in [0, 0.05) is 57.8 Å². The topological polar surface area (TPSA) is 33.7 Å². The molecular formula is C46H43N3O. The summed E-state index contributed by atoms with van der Waals surface area (Å²) in [4.78, 5) is 7.03. The third-order valence-electron chi connectivity index (χ3n) is 10.4.